The molecule has 1 unspecified atom stereocenters. The fourth-order valence-corrected chi connectivity index (χ4v) is 5.56. The van der Waals surface area contributed by atoms with Gasteiger partial charge in [-0.15, -0.1) is 5.10 Å². The second kappa shape index (κ2) is 12.6. The number of aromatic nitrogens is 3. The number of hydrogen-bond acceptors (Lipinski definition) is 6. The molecule has 0 radical (unpaired) electrons. The van der Waals surface area contributed by atoms with Crippen LogP contribution in [0, 0.1) is 5.82 Å². The molecule has 216 valence electrons. The van der Waals surface area contributed by atoms with Gasteiger partial charge in [0.05, 0.1) is 18.1 Å². The highest BCUT2D eigenvalue weighted by atomic mass is 19.1. The first-order valence-electron chi connectivity index (χ1n) is 14.2. The molecule has 1 saturated carbocycles. The highest BCUT2D eigenvalue weighted by Gasteiger charge is 2.42. The number of amides is 2. The first kappa shape index (κ1) is 28.5. The quantitative estimate of drug-likeness (QED) is 0.387. The third-order valence-electron chi connectivity index (χ3n) is 8.07. The summed E-state index contributed by atoms with van der Waals surface area (Å²) in [6, 6.07) is 13.5. The molecule has 0 bridgehead atoms. The summed E-state index contributed by atoms with van der Waals surface area (Å²) in [4.78, 5) is 33.2. The summed E-state index contributed by atoms with van der Waals surface area (Å²) >= 11 is 0. The van der Waals surface area contributed by atoms with Crippen LogP contribution in [0.25, 0.3) is 5.69 Å². The lowest BCUT2D eigenvalue weighted by Crippen LogP contribution is -2.54. The van der Waals surface area contributed by atoms with Gasteiger partial charge < -0.3 is 20.0 Å². The molecular weight excluding hydrogens is 521 g/mol. The van der Waals surface area contributed by atoms with E-state index in [0.29, 0.717) is 37.0 Å². The van der Waals surface area contributed by atoms with Crippen molar-refractivity contribution in [1.82, 2.24) is 35.0 Å². The minimum absolute atomic E-state index is 0.0387. The third-order valence-corrected chi connectivity index (χ3v) is 8.07. The minimum Gasteiger partial charge on any atom is -0.372 e. The molecule has 1 aliphatic carbocycles. The van der Waals surface area contributed by atoms with Crippen LogP contribution in [0.2, 0.25) is 0 Å². The van der Waals surface area contributed by atoms with Crippen molar-refractivity contribution in [3.8, 4) is 5.69 Å². The lowest BCUT2D eigenvalue weighted by atomic mass is 10.1. The molecule has 10 heteroatoms. The number of hydrogen-bond donors (Lipinski definition) is 1. The van der Waals surface area contributed by atoms with Gasteiger partial charge in [-0.3, -0.25) is 9.59 Å². The van der Waals surface area contributed by atoms with Crippen molar-refractivity contribution >= 4 is 11.8 Å². The summed E-state index contributed by atoms with van der Waals surface area (Å²) in [5.41, 5.74) is 3.38. The topological polar surface area (TPSA) is 86.6 Å². The number of carbonyl (C=O) groups is 2. The molecule has 2 aliphatic rings. The number of allylic oxidation sites excluding steroid dienone is 1. The van der Waals surface area contributed by atoms with Crippen molar-refractivity contribution in [2.75, 3.05) is 39.8 Å². The minimum atomic E-state index is -0.625. The Labute approximate surface area is 240 Å². The standard InChI is InChI=1S/C31H38FN7O2/c1-22(2)38(29-21-27(29)23-6-10-25(32)11-7-23)15-4-5-28(31(41)37-19-17-36(3)18-20-37)34-30(40)24-8-12-26(13-9-24)39-16-14-33-35-39/h6-14,16,27-29H,1,4-5,15,17-21H2,2-3H3,(H,34,40)/t27-,28?,29+/m0/s1. The number of benzene rings is 2. The molecule has 2 amide bonds. The van der Waals surface area contributed by atoms with Crippen molar-refractivity contribution in [3.05, 3.63) is 90.1 Å². The Bertz CT molecular complexity index is 1340. The van der Waals surface area contributed by atoms with Crippen molar-refractivity contribution in [1.29, 1.82) is 0 Å². The molecule has 1 saturated heterocycles. The normalized spacial score (nSPS) is 19.4. The van der Waals surface area contributed by atoms with Gasteiger partial charge in [-0.05, 0) is 75.2 Å². The van der Waals surface area contributed by atoms with Gasteiger partial charge in [0.15, 0.2) is 0 Å². The Morgan fingerprint density at radius 1 is 1.10 bits per heavy atom. The van der Waals surface area contributed by atoms with Crippen LogP contribution in [-0.2, 0) is 4.79 Å². The predicted molar refractivity (Wildman–Crippen MR) is 155 cm³/mol. The maximum atomic E-state index is 13.6. The molecule has 1 aromatic heterocycles. The van der Waals surface area contributed by atoms with E-state index in [1.54, 1.807) is 41.3 Å². The molecule has 1 aliphatic heterocycles. The number of likely N-dealkylation sites (N-methyl/N-ethyl adjacent to an activating group) is 1. The Balaban J connectivity index is 1.23. The molecular formula is C31H38FN7O2. The van der Waals surface area contributed by atoms with Crippen molar-refractivity contribution in [2.24, 2.45) is 0 Å². The van der Waals surface area contributed by atoms with Crippen LogP contribution < -0.4 is 5.32 Å². The summed E-state index contributed by atoms with van der Waals surface area (Å²) in [6.45, 7) is 9.83. The van der Waals surface area contributed by atoms with Crippen LogP contribution in [0.3, 0.4) is 0 Å². The van der Waals surface area contributed by atoms with Gasteiger partial charge in [0.1, 0.15) is 11.9 Å². The zero-order valence-corrected chi connectivity index (χ0v) is 23.7. The summed E-state index contributed by atoms with van der Waals surface area (Å²) in [5.74, 6) is -0.205. The first-order valence-corrected chi connectivity index (χ1v) is 14.2. The maximum Gasteiger partial charge on any atom is 0.251 e. The summed E-state index contributed by atoms with van der Waals surface area (Å²) < 4.78 is 15.0. The van der Waals surface area contributed by atoms with E-state index in [2.05, 4.69) is 32.0 Å². The molecule has 2 aromatic carbocycles. The smallest absolute Gasteiger partial charge is 0.251 e. The monoisotopic (exact) mass is 559 g/mol. The van der Waals surface area contributed by atoms with Gasteiger partial charge in [0.25, 0.3) is 5.91 Å². The average molecular weight is 560 g/mol. The van der Waals surface area contributed by atoms with E-state index in [9.17, 15) is 14.0 Å². The highest BCUT2D eigenvalue weighted by molar-refractivity contribution is 5.97. The van der Waals surface area contributed by atoms with Crippen molar-refractivity contribution in [2.45, 2.75) is 44.2 Å². The fraction of sp³-hybridized carbons (Fsp3) is 0.419. The Hall–Kier alpha value is -4.05. The molecule has 3 atom stereocenters. The molecule has 9 nitrogen and oxygen atoms in total. The number of nitrogens with zero attached hydrogens (tertiary/aromatic N) is 6. The van der Waals surface area contributed by atoms with Crippen LogP contribution in [0.1, 0.15) is 48.0 Å². The van der Waals surface area contributed by atoms with Gasteiger partial charge >= 0.3 is 0 Å². The van der Waals surface area contributed by atoms with E-state index in [1.165, 1.54) is 12.1 Å². The Morgan fingerprint density at radius 2 is 1.80 bits per heavy atom. The van der Waals surface area contributed by atoms with Crippen LogP contribution >= 0.6 is 0 Å². The fourth-order valence-electron chi connectivity index (χ4n) is 5.56. The number of rotatable bonds is 11. The molecule has 3 aromatic rings. The zero-order chi connectivity index (χ0) is 28.9. The number of nitrogens with one attached hydrogen (secondary N) is 1. The van der Waals surface area contributed by atoms with Crippen molar-refractivity contribution in [3.63, 3.8) is 0 Å². The molecule has 5 rings (SSSR count). The second-order valence-electron chi connectivity index (χ2n) is 11.1. The van der Waals surface area contributed by atoms with E-state index in [0.717, 1.165) is 49.4 Å². The van der Waals surface area contributed by atoms with Gasteiger partial charge in [-0.2, -0.15) is 0 Å². The van der Waals surface area contributed by atoms with Crippen LogP contribution in [-0.4, -0.2) is 93.4 Å². The van der Waals surface area contributed by atoms with Gasteiger partial charge in [-0.25, -0.2) is 9.07 Å². The summed E-state index contributed by atoms with van der Waals surface area (Å²) in [6.07, 6.45) is 5.55. The molecule has 0 spiro atoms. The van der Waals surface area contributed by atoms with Crippen LogP contribution in [0.5, 0.6) is 0 Å². The molecule has 1 N–H and O–H groups in total. The highest BCUT2D eigenvalue weighted by Crippen LogP contribution is 2.45. The van der Waals surface area contributed by atoms with E-state index in [1.807, 2.05) is 31.0 Å². The molecule has 41 heavy (non-hydrogen) atoms. The molecule has 2 fully saturated rings. The summed E-state index contributed by atoms with van der Waals surface area (Å²) in [7, 11) is 2.05. The number of halogens is 1. The van der Waals surface area contributed by atoms with Crippen LogP contribution in [0.15, 0.2) is 73.2 Å². The largest absolute Gasteiger partial charge is 0.372 e. The van der Waals surface area contributed by atoms with E-state index in [-0.39, 0.29) is 17.6 Å². The van der Waals surface area contributed by atoms with Gasteiger partial charge in [0, 0.05) is 55.9 Å². The maximum absolute atomic E-state index is 13.6. The number of piperazine rings is 1. The van der Waals surface area contributed by atoms with E-state index in [4.69, 9.17) is 0 Å². The predicted octanol–water partition coefficient (Wildman–Crippen LogP) is 3.45. The average Bonchev–Trinajstić information content (AvgIpc) is 3.55. The number of carbonyl (C=O) groups excluding carboxylic acids is 2. The third kappa shape index (κ3) is 7.00. The van der Waals surface area contributed by atoms with E-state index < -0.39 is 6.04 Å². The first-order chi connectivity index (χ1) is 19.8. The van der Waals surface area contributed by atoms with Crippen LogP contribution in [0.4, 0.5) is 4.39 Å². The SMILES string of the molecule is C=C(C)N(CCCC(NC(=O)c1ccc(-n2ccnn2)cc1)C(=O)N1CCN(C)CC1)[C@@H]1C[C@H]1c1ccc(F)cc1. The molecule has 2 heterocycles. The van der Waals surface area contributed by atoms with Crippen molar-refractivity contribution < 1.29 is 14.0 Å². The Morgan fingerprint density at radius 3 is 2.44 bits per heavy atom. The second-order valence-corrected chi connectivity index (χ2v) is 11.1. The lowest BCUT2D eigenvalue weighted by molar-refractivity contribution is -0.135. The zero-order valence-electron chi connectivity index (χ0n) is 23.7. The Kier molecular flexibility index (Phi) is 8.78. The van der Waals surface area contributed by atoms with Gasteiger partial charge in [0.2, 0.25) is 5.91 Å². The van der Waals surface area contributed by atoms with Gasteiger partial charge in [-0.1, -0.05) is 23.9 Å². The summed E-state index contributed by atoms with van der Waals surface area (Å²) in [5, 5.41) is 10.8. The lowest BCUT2D eigenvalue weighted by Gasteiger charge is -2.35. The van der Waals surface area contributed by atoms with E-state index >= 15 is 0 Å².